The van der Waals surface area contributed by atoms with Crippen molar-refractivity contribution in [2.75, 3.05) is 0 Å². The summed E-state index contributed by atoms with van der Waals surface area (Å²) < 4.78 is 97.3. The minimum Gasteiger partial charge on any atom is -0.251 e. The molecule has 0 amide bonds. The number of rotatable bonds is 1. The first-order valence-corrected chi connectivity index (χ1v) is 3.96. The van der Waals surface area contributed by atoms with Crippen LogP contribution in [0.5, 0.6) is 0 Å². The van der Waals surface area contributed by atoms with Gasteiger partial charge in [0.1, 0.15) is 5.69 Å². The van der Waals surface area contributed by atoms with E-state index in [1.165, 1.54) is 0 Å². The van der Waals surface area contributed by atoms with E-state index in [1.54, 1.807) is 0 Å². The maximum absolute atomic E-state index is 12.2. The van der Waals surface area contributed by atoms with Crippen LogP contribution in [-0.4, -0.2) is 4.98 Å². The number of hydrogen-bond acceptors (Lipinski definition) is 1. The average Bonchev–Trinajstić information content (AvgIpc) is 2.14. The zero-order valence-electron chi connectivity index (χ0n) is 7.70. The van der Waals surface area contributed by atoms with Crippen molar-refractivity contribution in [3.63, 3.8) is 0 Å². The van der Waals surface area contributed by atoms with E-state index < -0.39 is 41.7 Å². The lowest BCUT2D eigenvalue weighted by Crippen LogP contribution is -2.15. The number of nitrogens with zero attached hydrogens (tertiary/aromatic N) is 1. The molecule has 0 fully saturated rings. The molecule has 1 heterocycles. The van der Waals surface area contributed by atoms with Crippen LogP contribution in [0.15, 0.2) is 12.3 Å². The molecule has 0 N–H and O–H groups in total. The Bertz CT molecular complexity index is 405. The molecule has 17 heavy (non-hydrogen) atoms. The van der Waals surface area contributed by atoms with Crippen molar-refractivity contribution in [1.29, 1.82) is 0 Å². The Kier molecular flexibility index (Phi) is 3.30. The van der Waals surface area contributed by atoms with E-state index in [0.717, 1.165) is 0 Å². The second-order valence-corrected chi connectivity index (χ2v) is 2.95. The molecule has 0 spiro atoms. The van der Waals surface area contributed by atoms with Gasteiger partial charge in [0, 0.05) is 11.8 Å². The van der Waals surface area contributed by atoms with E-state index in [-0.39, 0.29) is 6.20 Å². The third kappa shape index (κ3) is 3.04. The first-order chi connectivity index (χ1) is 7.53. The summed E-state index contributed by atoms with van der Waals surface area (Å²) in [7, 11) is 0. The second kappa shape index (κ2) is 4.11. The smallest absolute Gasteiger partial charge is 0.251 e. The van der Waals surface area contributed by atoms with Crippen LogP contribution < -0.4 is 0 Å². The largest absolute Gasteiger partial charge is 0.433 e. The predicted molar refractivity (Wildman–Crippen MR) is 39.2 cm³/mol. The molecular formula is C8H3F8N. The van der Waals surface area contributed by atoms with Gasteiger partial charge in [-0.1, -0.05) is 0 Å². The fourth-order valence-corrected chi connectivity index (χ4v) is 1.04. The van der Waals surface area contributed by atoms with Gasteiger partial charge < -0.3 is 0 Å². The summed E-state index contributed by atoms with van der Waals surface area (Å²) in [5, 5.41) is 0. The first kappa shape index (κ1) is 13.7. The molecule has 0 radical (unpaired) electrons. The zero-order chi connectivity index (χ0) is 13.4. The summed E-state index contributed by atoms with van der Waals surface area (Å²) in [6, 6.07) is -0.429. The SMILES string of the molecule is FC(F)c1cnc(C(F)(F)F)cc1C(F)(F)F. The van der Waals surface area contributed by atoms with Gasteiger partial charge in [0.05, 0.1) is 5.56 Å². The Morgan fingerprint density at radius 3 is 1.82 bits per heavy atom. The van der Waals surface area contributed by atoms with Crippen molar-refractivity contribution in [1.82, 2.24) is 4.98 Å². The van der Waals surface area contributed by atoms with E-state index in [2.05, 4.69) is 4.98 Å². The lowest BCUT2D eigenvalue weighted by Gasteiger charge is -2.14. The molecule has 9 heteroatoms. The summed E-state index contributed by atoms with van der Waals surface area (Å²) in [6.07, 6.45) is -14.1. The molecule has 0 saturated carbocycles. The molecular weight excluding hydrogens is 262 g/mol. The zero-order valence-corrected chi connectivity index (χ0v) is 7.70. The third-order valence-corrected chi connectivity index (χ3v) is 1.77. The van der Waals surface area contributed by atoms with Crippen LogP contribution in [0.4, 0.5) is 35.1 Å². The van der Waals surface area contributed by atoms with Crippen LogP contribution >= 0.6 is 0 Å². The number of aromatic nitrogens is 1. The highest BCUT2D eigenvalue weighted by Gasteiger charge is 2.40. The lowest BCUT2D eigenvalue weighted by atomic mass is 10.1. The Labute approximate surface area is 89.1 Å². The van der Waals surface area contributed by atoms with Crippen molar-refractivity contribution in [2.24, 2.45) is 0 Å². The highest BCUT2D eigenvalue weighted by atomic mass is 19.4. The van der Waals surface area contributed by atoms with Crippen LogP contribution in [0.25, 0.3) is 0 Å². The number of alkyl halides is 8. The fraction of sp³-hybridized carbons (Fsp3) is 0.375. The van der Waals surface area contributed by atoms with Gasteiger partial charge in [-0.15, -0.1) is 0 Å². The van der Waals surface area contributed by atoms with Gasteiger partial charge in [0.15, 0.2) is 0 Å². The van der Waals surface area contributed by atoms with E-state index in [4.69, 9.17) is 0 Å². The maximum atomic E-state index is 12.2. The molecule has 1 nitrogen and oxygen atoms in total. The molecule has 96 valence electrons. The normalized spacial score (nSPS) is 13.2. The molecule has 1 aromatic heterocycles. The summed E-state index contributed by atoms with van der Waals surface area (Å²) in [4.78, 5) is 2.54. The quantitative estimate of drug-likeness (QED) is 0.698. The molecule has 0 atom stereocenters. The Morgan fingerprint density at radius 2 is 1.47 bits per heavy atom. The molecule has 0 aliphatic heterocycles. The van der Waals surface area contributed by atoms with Crippen LogP contribution in [0, 0.1) is 0 Å². The van der Waals surface area contributed by atoms with Crippen molar-refractivity contribution in [3.8, 4) is 0 Å². The molecule has 0 bridgehead atoms. The second-order valence-electron chi connectivity index (χ2n) is 2.95. The van der Waals surface area contributed by atoms with Crippen LogP contribution in [0.3, 0.4) is 0 Å². The predicted octanol–water partition coefficient (Wildman–Crippen LogP) is 4.06. The van der Waals surface area contributed by atoms with Gasteiger partial charge in [-0.25, -0.2) is 8.78 Å². The van der Waals surface area contributed by atoms with Gasteiger partial charge in [0.25, 0.3) is 6.43 Å². The molecule has 1 rings (SSSR count). The number of pyridine rings is 1. The van der Waals surface area contributed by atoms with Crippen LogP contribution in [0.2, 0.25) is 0 Å². The van der Waals surface area contributed by atoms with Gasteiger partial charge in [0.2, 0.25) is 0 Å². The molecule has 0 saturated heterocycles. The monoisotopic (exact) mass is 265 g/mol. The van der Waals surface area contributed by atoms with Crippen molar-refractivity contribution in [2.45, 2.75) is 18.8 Å². The Morgan fingerprint density at radius 1 is 0.941 bits per heavy atom. The standard InChI is InChI=1S/C8H3F8N/c9-6(10)3-2-17-5(8(14,15)16)1-4(3)7(11,12)13/h1-2,6H. The highest BCUT2D eigenvalue weighted by Crippen LogP contribution is 2.38. The van der Waals surface area contributed by atoms with E-state index >= 15 is 0 Å². The van der Waals surface area contributed by atoms with E-state index in [1.807, 2.05) is 0 Å². The summed E-state index contributed by atoms with van der Waals surface area (Å²) >= 11 is 0. The molecule has 0 aliphatic carbocycles. The minimum absolute atomic E-state index is 0.115. The van der Waals surface area contributed by atoms with E-state index in [0.29, 0.717) is 0 Å². The van der Waals surface area contributed by atoms with Crippen molar-refractivity contribution >= 4 is 0 Å². The summed E-state index contributed by atoms with van der Waals surface area (Å²) in [6.45, 7) is 0. The van der Waals surface area contributed by atoms with E-state index in [9.17, 15) is 35.1 Å². The van der Waals surface area contributed by atoms with Gasteiger partial charge >= 0.3 is 12.4 Å². The van der Waals surface area contributed by atoms with Crippen molar-refractivity contribution < 1.29 is 35.1 Å². The van der Waals surface area contributed by atoms with Gasteiger partial charge in [-0.3, -0.25) is 4.98 Å². The van der Waals surface area contributed by atoms with Gasteiger partial charge in [-0.05, 0) is 6.07 Å². The van der Waals surface area contributed by atoms with Crippen LogP contribution in [-0.2, 0) is 12.4 Å². The maximum Gasteiger partial charge on any atom is 0.433 e. The third-order valence-electron chi connectivity index (χ3n) is 1.77. The summed E-state index contributed by atoms with van der Waals surface area (Å²) in [5.74, 6) is 0. The lowest BCUT2D eigenvalue weighted by molar-refractivity contribution is -0.146. The molecule has 1 aromatic rings. The minimum atomic E-state index is -5.30. The molecule has 0 aromatic carbocycles. The number of halogens is 8. The molecule has 0 unspecified atom stereocenters. The fourth-order valence-electron chi connectivity index (χ4n) is 1.04. The molecule has 0 aliphatic rings. The number of hydrogen-bond donors (Lipinski definition) is 0. The Balaban J connectivity index is 3.41. The van der Waals surface area contributed by atoms with Crippen molar-refractivity contribution in [3.05, 3.63) is 29.1 Å². The highest BCUT2D eigenvalue weighted by molar-refractivity contribution is 5.31. The average molecular weight is 265 g/mol. The van der Waals surface area contributed by atoms with Gasteiger partial charge in [-0.2, -0.15) is 26.3 Å². The topological polar surface area (TPSA) is 12.9 Å². The van der Waals surface area contributed by atoms with Crippen LogP contribution in [0.1, 0.15) is 23.2 Å². The Hall–Kier alpha value is -1.41. The first-order valence-electron chi connectivity index (χ1n) is 3.96. The summed E-state index contributed by atoms with van der Waals surface area (Å²) in [5.41, 5.74) is -5.48.